The van der Waals surface area contributed by atoms with Crippen molar-refractivity contribution in [1.29, 1.82) is 0 Å². The smallest absolute Gasteiger partial charge is 0.219 e. The van der Waals surface area contributed by atoms with Crippen LogP contribution < -0.4 is 4.90 Å². The Bertz CT molecular complexity index is 868. The maximum absolute atomic E-state index is 13.2. The summed E-state index contributed by atoms with van der Waals surface area (Å²) in [7, 11) is 0. The van der Waals surface area contributed by atoms with Gasteiger partial charge in [-0.3, -0.25) is 4.79 Å². The predicted octanol–water partition coefficient (Wildman–Crippen LogP) is 3.60. The minimum atomic E-state index is -0.212. The number of likely N-dealkylation sites (tertiary alicyclic amines) is 1. The number of piperidine rings is 1. The Kier molecular flexibility index (Phi) is 5.29. The molecule has 1 saturated heterocycles. The maximum atomic E-state index is 13.2. The number of aryl methyl sites for hydroxylation is 1. The normalized spacial score (nSPS) is 19.5. The molecule has 0 spiro atoms. The second-order valence-corrected chi connectivity index (χ2v) is 7.93. The molecule has 1 atom stereocenters. The predicted molar refractivity (Wildman–Crippen MR) is 107 cm³/mol. The Labute approximate surface area is 165 Å². The van der Waals surface area contributed by atoms with Gasteiger partial charge in [-0.25, -0.2) is 14.4 Å². The lowest BCUT2D eigenvalue weighted by Gasteiger charge is -2.34. The van der Waals surface area contributed by atoms with E-state index < -0.39 is 0 Å². The van der Waals surface area contributed by atoms with Crippen LogP contribution in [0.3, 0.4) is 0 Å². The summed E-state index contributed by atoms with van der Waals surface area (Å²) in [5.74, 6) is 1.97. The van der Waals surface area contributed by atoms with Crippen LogP contribution >= 0.6 is 0 Å². The third-order valence-corrected chi connectivity index (χ3v) is 5.88. The zero-order valence-corrected chi connectivity index (χ0v) is 16.6. The summed E-state index contributed by atoms with van der Waals surface area (Å²) in [5, 5.41) is 0. The number of carbonyl (C=O) groups excluding carboxylic acids is 1. The Hall–Kier alpha value is -2.50. The largest absolute Gasteiger partial charge is 0.352 e. The van der Waals surface area contributed by atoms with Gasteiger partial charge < -0.3 is 9.80 Å². The number of hydrogen-bond acceptors (Lipinski definition) is 4. The monoisotopic (exact) mass is 382 g/mol. The molecule has 2 aliphatic heterocycles. The van der Waals surface area contributed by atoms with Gasteiger partial charge >= 0.3 is 0 Å². The first-order valence-corrected chi connectivity index (χ1v) is 10.1. The van der Waals surface area contributed by atoms with Crippen LogP contribution in [0.25, 0.3) is 0 Å². The number of anilines is 1. The van der Waals surface area contributed by atoms with Crippen molar-refractivity contribution in [3.05, 3.63) is 52.7 Å². The first-order valence-electron chi connectivity index (χ1n) is 10.1. The third-order valence-electron chi connectivity index (χ3n) is 5.88. The van der Waals surface area contributed by atoms with Crippen molar-refractivity contribution in [3.8, 4) is 0 Å². The molecule has 1 amide bonds. The number of fused-ring (bicyclic) bond motifs is 1. The van der Waals surface area contributed by atoms with Gasteiger partial charge in [0.2, 0.25) is 5.91 Å². The van der Waals surface area contributed by atoms with Gasteiger partial charge in [-0.15, -0.1) is 0 Å². The van der Waals surface area contributed by atoms with E-state index in [-0.39, 0.29) is 17.6 Å². The molecule has 0 bridgehead atoms. The van der Waals surface area contributed by atoms with Gasteiger partial charge in [0, 0.05) is 50.3 Å². The number of nitrogens with zero attached hydrogens (tertiary/aromatic N) is 4. The van der Waals surface area contributed by atoms with E-state index in [9.17, 15) is 9.18 Å². The molecule has 0 aliphatic carbocycles. The molecule has 1 aromatic heterocycles. The molecule has 1 aromatic carbocycles. The second kappa shape index (κ2) is 7.86. The van der Waals surface area contributed by atoms with Crippen LogP contribution in [-0.4, -0.2) is 40.4 Å². The van der Waals surface area contributed by atoms with Gasteiger partial charge in [0.25, 0.3) is 0 Å². The topological polar surface area (TPSA) is 49.3 Å². The van der Waals surface area contributed by atoms with E-state index in [0.717, 1.165) is 61.7 Å². The first-order chi connectivity index (χ1) is 13.5. The van der Waals surface area contributed by atoms with E-state index in [2.05, 4.69) is 11.8 Å². The SMILES string of the molecule is CC(=O)N1CCCC(c2nc(C)c3c(n2)N(Cc2ccc(F)cc2)CCC3)C1. The van der Waals surface area contributed by atoms with Crippen LogP contribution in [-0.2, 0) is 17.8 Å². The van der Waals surface area contributed by atoms with Crippen LogP contribution in [0.2, 0.25) is 0 Å². The van der Waals surface area contributed by atoms with Crippen molar-refractivity contribution < 1.29 is 9.18 Å². The number of amides is 1. The summed E-state index contributed by atoms with van der Waals surface area (Å²) in [5.41, 5.74) is 3.34. The van der Waals surface area contributed by atoms with Crippen molar-refractivity contribution in [2.75, 3.05) is 24.5 Å². The summed E-state index contributed by atoms with van der Waals surface area (Å²) in [6.45, 7) is 6.87. The fourth-order valence-electron chi connectivity index (χ4n) is 4.33. The summed E-state index contributed by atoms with van der Waals surface area (Å²) in [4.78, 5) is 25.8. The Morgan fingerprint density at radius 3 is 2.71 bits per heavy atom. The molecule has 0 radical (unpaired) electrons. The lowest BCUT2D eigenvalue weighted by Crippen LogP contribution is -2.38. The molecule has 28 heavy (non-hydrogen) atoms. The second-order valence-electron chi connectivity index (χ2n) is 7.93. The number of carbonyl (C=O) groups is 1. The fraction of sp³-hybridized carbons (Fsp3) is 0.500. The zero-order chi connectivity index (χ0) is 19.7. The zero-order valence-electron chi connectivity index (χ0n) is 16.6. The van der Waals surface area contributed by atoms with E-state index >= 15 is 0 Å². The van der Waals surface area contributed by atoms with Crippen LogP contribution in [0, 0.1) is 12.7 Å². The van der Waals surface area contributed by atoms with Gasteiger partial charge in [-0.1, -0.05) is 12.1 Å². The van der Waals surface area contributed by atoms with E-state index in [1.807, 2.05) is 17.0 Å². The van der Waals surface area contributed by atoms with Crippen LogP contribution in [0.15, 0.2) is 24.3 Å². The van der Waals surface area contributed by atoms with E-state index in [0.29, 0.717) is 13.1 Å². The standard InChI is InChI=1S/C22H27FN4O/c1-15-20-6-4-12-27(13-17-7-9-19(23)10-8-17)22(20)25-21(24-15)18-5-3-11-26(14-18)16(2)28/h7-10,18H,3-6,11-14H2,1-2H3. The van der Waals surface area contributed by atoms with E-state index in [1.165, 1.54) is 17.7 Å². The molecule has 2 aliphatic rings. The summed E-state index contributed by atoms with van der Waals surface area (Å²) < 4.78 is 13.2. The van der Waals surface area contributed by atoms with Crippen LogP contribution in [0.4, 0.5) is 10.2 Å². The summed E-state index contributed by atoms with van der Waals surface area (Å²) in [6.07, 6.45) is 4.06. The van der Waals surface area contributed by atoms with Crippen molar-refractivity contribution in [2.24, 2.45) is 0 Å². The quantitative estimate of drug-likeness (QED) is 0.814. The molecule has 1 fully saturated rings. The highest BCUT2D eigenvalue weighted by Gasteiger charge is 2.28. The molecule has 0 saturated carbocycles. The molecule has 3 heterocycles. The van der Waals surface area contributed by atoms with Crippen molar-refractivity contribution >= 4 is 11.7 Å². The first kappa shape index (κ1) is 18.8. The molecule has 6 heteroatoms. The average molecular weight is 382 g/mol. The lowest BCUT2D eigenvalue weighted by molar-refractivity contribution is -0.130. The summed E-state index contributed by atoms with van der Waals surface area (Å²) >= 11 is 0. The van der Waals surface area contributed by atoms with Gasteiger partial charge in [0.15, 0.2) is 0 Å². The molecule has 1 unspecified atom stereocenters. The number of halogens is 1. The summed E-state index contributed by atoms with van der Waals surface area (Å²) in [6, 6.07) is 6.69. The number of aromatic nitrogens is 2. The van der Waals surface area contributed by atoms with Crippen molar-refractivity contribution in [1.82, 2.24) is 14.9 Å². The molecule has 148 valence electrons. The third kappa shape index (κ3) is 3.86. The molecular weight excluding hydrogens is 355 g/mol. The molecular formula is C22H27FN4O. The minimum Gasteiger partial charge on any atom is -0.352 e. The van der Waals surface area contributed by atoms with Gasteiger partial charge in [-0.2, -0.15) is 0 Å². The Morgan fingerprint density at radius 1 is 1.18 bits per heavy atom. The Balaban J connectivity index is 1.62. The van der Waals surface area contributed by atoms with E-state index in [4.69, 9.17) is 9.97 Å². The van der Waals surface area contributed by atoms with Crippen LogP contribution in [0.1, 0.15) is 54.7 Å². The number of hydrogen-bond donors (Lipinski definition) is 0. The molecule has 2 aromatic rings. The number of rotatable bonds is 3. The number of benzene rings is 1. The highest BCUT2D eigenvalue weighted by atomic mass is 19.1. The van der Waals surface area contributed by atoms with Gasteiger partial charge in [-0.05, 0) is 50.3 Å². The van der Waals surface area contributed by atoms with Crippen LogP contribution in [0.5, 0.6) is 0 Å². The highest BCUT2D eigenvalue weighted by Crippen LogP contribution is 2.32. The lowest BCUT2D eigenvalue weighted by atomic mass is 9.96. The van der Waals surface area contributed by atoms with E-state index in [1.54, 1.807) is 6.92 Å². The van der Waals surface area contributed by atoms with Gasteiger partial charge in [0.1, 0.15) is 17.5 Å². The molecule has 4 rings (SSSR count). The van der Waals surface area contributed by atoms with Crippen molar-refractivity contribution in [2.45, 2.75) is 52.0 Å². The molecule has 0 N–H and O–H groups in total. The maximum Gasteiger partial charge on any atom is 0.219 e. The average Bonchev–Trinajstić information content (AvgIpc) is 2.70. The van der Waals surface area contributed by atoms with Gasteiger partial charge in [0.05, 0.1) is 0 Å². The molecule has 5 nitrogen and oxygen atoms in total. The fourth-order valence-corrected chi connectivity index (χ4v) is 4.33. The highest BCUT2D eigenvalue weighted by molar-refractivity contribution is 5.73. The van der Waals surface area contributed by atoms with Crippen molar-refractivity contribution in [3.63, 3.8) is 0 Å². The Morgan fingerprint density at radius 2 is 1.96 bits per heavy atom. The minimum absolute atomic E-state index is 0.123.